The van der Waals surface area contributed by atoms with Gasteiger partial charge in [-0.3, -0.25) is 24.0 Å². The average molecular weight is 1060 g/mol. The summed E-state index contributed by atoms with van der Waals surface area (Å²) in [6, 6.07) is 18.4. The maximum atomic E-state index is 13.1. The van der Waals surface area contributed by atoms with Crippen molar-refractivity contribution < 1.29 is 86.1 Å². The number of hydrogen-bond acceptors (Lipinski definition) is 12. The van der Waals surface area contributed by atoms with Crippen LogP contribution in [0.15, 0.2) is 103 Å². The van der Waals surface area contributed by atoms with Crippen LogP contribution in [-0.4, -0.2) is 95.8 Å². The third kappa shape index (κ3) is 24.8. The largest absolute Gasteiger partial charge is 0.508 e. The number of aryl methyl sites for hydroxylation is 1. The summed E-state index contributed by atoms with van der Waals surface area (Å²) in [6.45, 7) is 1.99. The predicted molar refractivity (Wildman–Crippen MR) is 257 cm³/mol. The SMILES string of the molecule is Cc1ccc(CC(N)C(=O)O)cc1.NC(Cc1ccc(F)c(Cl)c1)C(=O)O.NC(Cc1ccc(O)cc1F)C(=O)O.NC(Cc1ccccc1C(F)(F)F)C(=O)O.N[C@@H](Cc1ccc(O)c(F)c1)C(=O)O.S. The van der Waals surface area contributed by atoms with E-state index in [9.17, 15) is 50.3 Å². The number of carboxylic acid groups (broad SMARTS) is 5. The Balaban J connectivity index is 0.000000873. The molecule has 0 amide bonds. The molecule has 17 N–H and O–H groups in total. The molecule has 5 atom stereocenters. The summed E-state index contributed by atoms with van der Waals surface area (Å²) >= 11 is 5.51. The first kappa shape index (κ1) is 65.1. The van der Waals surface area contributed by atoms with E-state index in [4.69, 9.17) is 76.0 Å². The summed E-state index contributed by atoms with van der Waals surface area (Å²) in [4.78, 5) is 52.1. The zero-order valence-corrected chi connectivity index (χ0v) is 39.7. The number of benzene rings is 5. The lowest BCUT2D eigenvalue weighted by molar-refractivity contribution is -0.140. The first-order valence-electron chi connectivity index (χ1n) is 20.4. The number of phenols is 2. The van der Waals surface area contributed by atoms with E-state index < -0.39 is 95.0 Å². The lowest BCUT2D eigenvalue weighted by Crippen LogP contribution is -2.33. The van der Waals surface area contributed by atoms with E-state index in [1.807, 2.05) is 31.2 Å². The monoisotopic (exact) mass is 1060 g/mol. The van der Waals surface area contributed by atoms with Crippen molar-refractivity contribution in [3.63, 3.8) is 0 Å². The number of nitrogens with two attached hydrogens (primary N) is 5. The fourth-order valence-electron chi connectivity index (χ4n) is 5.42. The molecular weight excluding hydrogens is 1010 g/mol. The molecule has 5 aromatic rings. The van der Waals surface area contributed by atoms with Crippen LogP contribution in [0.25, 0.3) is 0 Å². The van der Waals surface area contributed by atoms with Crippen LogP contribution in [0.3, 0.4) is 0 Å². The van der Waals surface area contributed by atoms with E-state index in [-0.39, 0.29) is 61.1 Å². The fraction of sp³-hybridized carbons (Fsp3) is 0.255. The van der Waals surface area contributed by atoms with Gasteiger partial charge in [-0.05, 0) is 96.8 Å². The van der Waals surface area contributed by atoms with Crippen LogP contribution >= 0.6 is 25.1 Å². The predicted octanol–water partition coefficient (Wildman–Crippen LogP) is 5.13. The van der Waals surface area contributed by atoms with Gasteiger partial charge in [-0.1, -0.05) is 77.8 Å². The topological polar surface area (TPSA) is 357 Å². The second kappa shape index (κ2) is 31.4. The molecule has 0 bridgehead atoms. The van der Waals surface area contributed by atoms with E-state index >= 15 is 0 Å². The van der Waals surface area contributed by atoms with Gasteiger partial charge in [0, 0.05) is 12.5 Å². The molecule has 0 fully saturated rings. The third-order valence-electron chi connectivity index (χ3n) is 9.31. The minimum Gasteiger partial charge on any atom is -0.508 e. The molecule has 72 heavy (non-hydrogen) atoms. The normalized spacial score (nSPS) is 12.5. The molecule has 0 aliphatic carbocycles. The van der Waals surface area contributed by atoms with Crippen molar-refractivity contribution in [2.24, 2.45) is 28.7 Å². The lowest BCUT2D eigenvalue weighted by Gasteiger charge is -2.14. The first-order chi connectivity index (χ1) is 32.9. The Bertz CT molecular complexity index is 2500. The van der Waals surface area contributed by atoms with Crippen LogP contribution in [0.4, 0.5) is 26.3 Å². The van der Waals surface area contributed by atoms with Crippen LogP contribution in [-0.2, 0) is 62.3 Å². The molecule has 0 saturated carbocycles. The Morgan fingerprint density at radius 2 is 0.903 bits per heavy atom. The molecule has 0 aliphatic rings. The van der Waals surface area contributed by atoms with Crippen LogP contribution in [0.2, 0.25) is 5.02 Å². The Kier molecular flexibility index (Phi) is 28.4. The van der Waals surface area contributed by atoms with Gasteiger partial charge < -0.3 is 64.4 Å². The Hall–Kier alpha value is -6.93. The maximum absolute atomic E-state index is 13.1. The standard InChI is InChI=1S/C10H10F3NO2.C10H13NO2.C9H9ClFNO2.2C9H10FNO3.H2S/c11-10(12,13)7-4-2-1-3-6(7)5-8(14)9(15)16;1-7-2-4-8(5-3-7)6-9(11)10(12)13;10-6-3-5(1-2-7(6)11)4-8(12)9(13)14;10-7-4-6(12)2-1-5(7)3-8(11)9(13)14;10-6-3-5(1-2-8(6)12)4-7(11)9(13)14;/h1-4,8H,5,14H2,(H,15,16);2-5,9H,6,11H2,1H3,(H,12,13);1-3,8H,4,12H2,(H,13,14);1-2,4,8,12H,3,11H2,(H,13,14);1-3,7,12H,4,11H2,(H,13,14);1H2/t;;;;7-;/m....0./s1. The molecule has 0 saturated heterocycles. The van der Waals surface area contributed by atoms with Gasteiger partial charge in [0.2, 0.25) is 0 Å². The summed E-state index contributed by atoms with van der Waals surface area (Å²) in [5, 5.41) is 60.4. The van der Waals surface area contributed by atoms with Gasteiger partial charge in [0.25, 0.3) is 0 Å². The van der Waals surface area contributed by atoms with E-state index in [0.717, 1.165) is 29.3 Å². The molecule has 5 rings (SSSR count). The molecule has 17 nitrogen and oxygen atoms in total. The van der Waals surface area contributed by atoms with Crippen molar-refractivity contribution >= 4 is 54.9 Å². The Morgan fingerprint density at radius 1 is 0.500 bits per heavy atom. The number of hydrogen-bond donors (Lipinski definition) is 12. The maximum Gasteiger partial charge on any atom is 0.416 e. The van der Waals surface area contributed by atoms with E-state index in [1.54, 1.807) is 0 Å². The molecular formula is C47H54ClF6N5O12S. The van der Waals surface area contributed by atoms with E-state index in [1.165, 1.54) is 60.7 Å². The Labute approximate surface area is 419 Å². The van der Waals surface area contributed by atoms with Crippen LogP contribution in [0, 0.1) is 24.4 Å². The fourth-order valence-corrected chi connectivity index (χ4v) is 5.62. The molecule has 0 heterocycles. The second-order valence-corrected chi connectivity index (χ2v) is 15.6. The third-order valence-corrected chi connectivity index (χ3v) is 9.60. The molecule has 0 radical (unpaired) electrons. The van der Waals surface area contributed by atoms with E-state index in [2.05, 4.69) is 0 Å². The highest BCUT2D eigenvalue weighted by Crippen LogP contribution is 2.32. The lowest BCUT2D eigenvalue weighted by atomic mass is 10.0. The number of halogens is 7. The van der Waals surface area contributed by atoms with Crippen molar-refractivity contribution in [2.45, 2.75) is 75.4 Å². The summed E-state index contributed by atoms with van der Waals surface area (Å²) < 4.78 is 76.1. The molecule has 5 aromatic carbocycles. The zero-order chi connectivity index (χ0) is 54.3. The summed E-state index contributed by atoms with van der Waals surface area (Å²) in [5.41, 5.74) is 28.8. The van der Waals surface area contributed by atoms with Gasteiger partial charge in [0.05, 0.1) is 10.6 Å². The highest BCUT2D eigenvalue weighted by molar-refractivity contribution is 7.59. The van der Waals surface area contributed by atoms with Gasteiger partial charge in [0.15, 0.2) is 11.6 Å². The molecule has 0 spiro atoms. The summed E-state index contributed by atoms with van der Waals surface area (Å²) in [6.07, 6.45) is -4.38. The molecule has 4 unspecified atom stereocenters. The van der Waals surface area contributed by atoms with Crippen molar-refractivity contribution in [1.82, 2.24) is 0 Å². The quantitative estimate of drug-likeness (QED) is 0.0605. The zero-order valence-electron chi connectivity index (χ0n) is 37.9. The number of carbonyl (C=O) groups is 5. The Morgan fingerprint density at radius 3 is 1.33 bits per heavy atom. The van der Waals surface area contributed by atoms with Gasteiger partial charge in [-0.15, -0.1) is 0 Å². The first-order valence-corrected chi connectivity index (χ1v) is 20.8. The minimum absolute atomic E-state index is 0. The van der Waals surface area contributed by atoms with Crippen molar-refractivity contribution in [2.75, 3.05) is 0 Å². The van der Waals surface area contributed by atoms with E-state index in [0.29, 0.717) is 17.5 Å². The minimum atomic E-state index is -4.49. The summed E-state index contributed by atoms with van der Waals surface area (Å²) in [7, 11) is 0. The molecule has 0 aromatic heterocycles. The number of alkyl halides is 3. The van der Waals surface area contributed by atoms with Gasteiger partial charge in [-0.25, -0.2) is 13.2 Å². The van der Waals surface area contributed by atoms with Crippen LogP contribution < -0.4 is 28.7 Å². The van der Waals surface area contributed by atoms with Crippen molar-refractivity contribution in [1.29, 1.82) is 0 Å². The number of rotatable bonds is 15. The van der Waals surface area contributed by atoms with Crippen LogP contribution in [0.5, 0.6) is 11.5 Å². The number of phenolic OH excluding ortho intramolecular Hbond substituents is 2. The van der Waals surface area contributed by atoms with Crippen molar-refractivity contribution in [3.8, 4) is 11.5 Å². The second-order valence-electron chi connectivity index (χ2n) is 15.2. The number of aliphatic carboxylic acids is 5. The molecule has 25 heteroatoms. The van der Waals surface area contributed by atoms with Crippen molar-refractivity contribution in [3.05, 3.63) is 165 Å². The highest BCUT2D eigenvalue weighted by Gasteiger charge is 2.33. The average Bonchev–Trinajstić information content (AvgIpc) is 3.28. The van der Waals surface area contributed by atoms with Gasteiger partial charge in [-0.2, -0.15) is 26.7 Å². The smallest absolute Gasteiger partial charge is 0.416 e. The molecule has 0 aliphatic heterocycles. The van der Waals surface area contributed by atoms with Gasteiger partial charge >= 0.3 is 36.0 Å². The summed E-state index contributed by atoms with van der Waals surface area (Å²) in [5.74, 6) is -8.31. The van der Waals surface area contributed by atoms with Gasteiger partial charge in [0.1, 0.15) is 47.6 Å². The molecule has 394 valence electrons. The highest BCUT2D eigenvalue weighted by atomic mass is 35.5. The van der Waals surface area contributed by atoms with Crippen LogP contribution in [0.1, 0.15) is 38.9 Å². The number of aromatic hydroxyl groups is 2. The number of carboxylic acids is 5.